The summed E-state index contributed by atoms with van der Waals surface area (Å²) in [6.45, 7) is 6.72. The van der Waals surface area contributed by atoms with Crippen molar-refractivity contribution in [1.29, 1.82) is 0 Å². The molecular formula is C27H32F3N3OS. The van der Waals surface area contributed by atoms with Crippen molar-refractivity contribution in [3.63, 3.8) is 0 Å². The average molecular weight is 504 g/mol. The Morgan fingerprint density at radius 3 is 2.49 bits per heavy atom. The van der Waals surface area contributed by atoms with Gasteiger partial charge in [0.15, 0.2) is 0 Å². The normalized spacial score (nSPS) is 18.9. The Kier molecular flexibility index (Phi) is 7.04. The molecule has 0 radical (unpaired) electrons. The number of nitrogens with one attached hydrogen (secondary N) is 1. The zero-order valence-corrected chi connectivity index (χ0v) is 20.9. The van der Waals surface area contributed by atoms with Gasteiger partial charge in [-0.3, -0.25) is 4.79 Å². The number of halogens is 3. The molecule has 0 bridgehead atoms. The highest BCUT2D eigenvalue weighted by atomic mass is 32.2. The van der Waals surface area contributed by atoms with E-state index < -0.39 is 11.7 Å². The van der Waals surface area contributed by atoms with Gasteiger partial charge in [-0.2, -0.15) is 13.2 Å². The van der Waals surface area contributed by atoms with E-state index in [2.05, 4.69) is 17.1 Å². The number of carbonyl (C=O) groups is 1. The van der Waals surface area contributed by atoms with Crippen molar-refractivity contribution in [2.75, 3.05) is 38.0 Å². The third-order valence-corrected chi connectivity index (χ3v) is 8.50. The van der Waals surface area contributed by atoms with Crippen LogP contribution >= 0.6 is 11.8 Å². The summed E-state index contributed by atoms with van der Waals surface area (Å²) in [5.41, 5.74) is 2.57. The minimum Gasteiger partial charge on any atom is -0.382 e. The van der Waals surface area contributed by atoms with Gasteiger partial charge in [-0.05, 0) is 74.0 Å². The van der Waals surface area contributed by atoms with E-state index in [4.69, 9.17) is 0 Å². The van der Waals surface area contributed by atoms with Gasteiger partial charge in [0.25, 0.3) is 5.91 Å². The molecule has 0 atom stereocenters. The molecule has 2 fully saturated rings. The van der Waals surface area contributed by atoms with Crippen LogP contribution in [-0.2, 0) is 12.6 Å². The number of hydrogen-bond donors (Lipinski definition) is 1. The Morgan fingerprint density at radius 2 is 1.80 bits per heavy atom. The molecule has 0 unspecified atom stereocenters. The minimum atomic E-state index is -4.41. The van der Waals surface area contributed by atoms with Crippen molar-refractivity contribution in [3.05, 3.63) is 52.6 Å². The number of rotatable bonds is 5. The van der Waals surface area contributed by atoms with E-state index in [1.165, 1.54) is 23.9 Å². The molecule has 35 heavy (non-hydrogen) atoms. The predicted octanol–water partition coefficient (Wildman–Crippen LogP) is 6.28. The number of alkyl halides is 3. The third-order valence-electron chi connectivity index (χ3n) is 7.32. The van der Waals surface area contributed by atoms with Gasteiger partial charge in [-0.25, -0.2) is 0 Å². The minimum absolute atomic E-state index is 0.0116. The maximum atomic E-state index is 13.8. The van der Waals surface area contributed by atoms with Crippen LogP contribution in [0.5, 0.6) is 0 Å². The van der Waals surface area contributed by atoms with Gasteiger partial charge in [0, 0.05) is 59.7 Å². The molecule has 2 aromatic carbocycles. The number of amides is 1. The Hall–Kier alpha value is -2.19. The molecule has 2 aromatic rings. The molecule has 4 nitrogen and oxygen atoms in total. The van der Waals surface area contributed by atoms with Gasteiger partial charge in [0.2, 0.25) is 0 Å². The first kappa shape index (κ1) is 24.5. The summed E-state index contributed by atoms with van der Waals surface area (Å²) in [4.78, 5) is 18.6. The molecule has 0 aromatic heterocycles. The van der Waals surface area contributed by atoms with Crippen LogP contribution in [0.2, 0.25) is 0 Å². The summed E-state index contributed by atoms with van der Waals surface area (Å²) in [6.07, 6.45) is 1.16. The molecule has 0 aliphatic carbocycles. The molecule has 0 spiro atoms. The van der Waals surface area contributed by atoms with Crippen LogP contribution in [0.4, 0.5) is 18.9 Å². The number of likely N-dealkylation sites (tertiary alicyclic amines) is 2. The molecule has 1 amide bonds. The quantitative estimate of drug-likeness (QED) is 0.444. The van der Waals surface area contributed by atoms with Crippen molar-refractivity contribution >= 4 is 23.4 Å². The summed E-state index contributed by atoms with van der Waals surface area (Å²) < 4.78 is 41.4. The number of hydrogen-bond acceptors (Lipinski definition) is 4. The summed E-state index contributed by atoms with van der Waals surface area (Å²) in [5, 5.41) is 3.48. The highest BCUT2D eigenvalue weighted by molar-refractivity contribution is 7.99. The lowest BCUT2D eigenvalue weighted by molar-refractivity contribution is -0.137. The number of piperidine rings is 1. The topological polar surface area (TPSA) is 35.6 Å². The number of benzene rings is 2. The third kappa shape index (κ3) is 5.33. The zero-order chi connectivity index (χ0) is 24.6. The molecular weight excluding hydrogens is 471 g/mol. The first-order chi connectivity index (χ1) is 16.8. The van der Waals surface area contributed by atoms with Crippen LogP contribution in [0.1, 0.15) is 66.1 Å². The number of anilines is 1. The van der Waals surface area contributed by atoms with Gasteiger partial charge in [0.05, 0.1) is 5.56 Å². The van der Waals surface area contributed by atoms with Crippen LogP contribution in [0.3, 0.4) is 0 Å². The van der Waals surface area contributed by atoms with Crippen LogP contribution in [0, 0.1) is 0 Å². The second-order valence-electron chi connectivity index (χ2n) is 9.86. The average Bonchev–Trinajstić information content (AvgIpc) is 3.38. The summed E-state index contributed by atoms with van der Waals surface area (Å²) in [7, 11) is 0. The largest absolute Gasteiger partial charge is 0.416 e. The molecule has 188 valence electrons. The SMILES string of the molecule is CCCN1CCC(Nc2cc(C(F)(F)F)cc3c2Cc2ccc(C(=O)N4CCCC4)cc2S3)CC1. The van der Waals surface area contributed by atoms with E-state index in [0.717, 1.165) is 80.9 Å². The molecule has 1 N–H and O–H groups in total. The molecule has 3 heterocycles. The van der Waals surface area contributed by atoms with E-state index in [-0.39, 0.29) is 11.9 Å². The first-order valence-corrected chi connectivity index (χ1v) is 13.5. The van der Waals surface area contributed by atoms with E-state index in [0.29, 0.717) is 22.6 Å². The Balaban J connectivity index is 1.41. The Labute approximate surface area is 209 Å². The maximum absolute atomic E-state index is 13.8. The number of carbonyl (C=O) groups excluding carboxylic acids is 1. The second kappa shape index (κ2) is 10.1. The molecule has 5 rings (SSSR count). The highest BCUT2D eigenvalue weighted by Crippen LogP contribution is 2.46. The van der Waals surface area contributed by atoms with E-state index in [1.807, 2.05) is 23.1 Å². The molecule has 2 saturated heterocycles. The zero-order valence-electron chi connectivity index (χ0n) is 20.1. The Bertz CT molecular complexity index is 1090. The number of fused-ring (bicyclic) bond motifs is 2. The van der Waals surface area contributed by atoms with Gasteiger partial charge < -0.3 is 15.1 Å². The van der Waals surface area contributed by atoms with Crippen molar-refractivity contribution in [3.8, 4) is 0 Å². The van der Waals surface area contributed by atoms with E-state index in [9.17, 15) is 18.0 Å². The monoisotopic (exact) mass is 503 g/mol. The fraction of sp³-hybridized carbons (Fsp3) is 0.519. The lowest BCUT2D eigenvalue weighted by Gasteiger charge is -2.34. The summed E-state index contributed by atoms with van der Waals surface area (Å²) in [6, 6.07) is 8.43. The molecule has 0 saturated carbocycles. The summed E-state index contributed by atoms with van der Waals surface area (Å²) >= 11 is 1.35. The lowest BCUT2D eigenvalue weighted by atomic mass is 9.97. The second-order valence-corrected chi connectivity index (χ2v) is 10.9. The fourth-order valence-corrected chi connectivity index (χ4v) is 6.57. The standard InChI is InChI=1S/C27H32F3N3OS/c1-2-9-32-12-7-21(8-13-32)31-23-16-20(27(28,29)30)17-25-22(23)14-18-5-6-19(15-24(18)35-25)26(34)33-10-3-4-11-33/h5-6,15-17,21,31H,2-4,7-14H2,1H3. The van der Waals surface area contributed by atoms with Crippen molar-refractivity contribution in [2.45, 2.75) is 67.5 Å². The molecule has 8 heteroatoms. The maximum Gasteiger partial charge on any atom is 0.416 e. The first-order valence-electron chi connectivity index (χ1n) is 12.6. The van der Waals surface area contributed by atoms with E-state index in [1.54, 1.807) is 0 Å². The van der Waals surface area contributed by atoms with Crippen LogP contribution in [-0.4, -0.2) is 54.5 Å². The number of nitrogens with zero attached hydrogens (tertiary/aromatic N) is 2. The van der Waals surface area contributed by atoms with Crippen LogP contribution in [0.15, 0.2) is 40.1 Å². The smallest absolute Gasteiger partial charge is 0.382 e. The predicted molar refractivity (Wildman–Crippen MR) is 133 cm³/mol. The summed E-state index contributed by atoms with van der Waals surface area (Å²) in [5.74, 6) is 0.0116. The van der Waals surface area contributed by atoms with E-state index >= 15 is 0 Å². The fourth-order valence-electron chi connectivity index (χ4n) is 5.39. The van der Waals surface area contributed by atoms with Gasteiger partial charge in [-0.15, -0.1) is 0 Å². The van der Waals surface area contributed by atoms with Crippen molar-refractivity contribution in [1.82, 2.24) is 9.80 Å². The lowest BCUT2D eigenvalue weighted by Crippen LogP contribution is -2.39. The van der Waals surface area contributed by atoms with Crippen molar-refractivity contribution < 1.29 is 18.0 Å². The Morgan fingerprint density at radius 1 is 1.06 bits per heavy atom. The molecule has 3 aliphatic rings. The van der Waals surface area contributed by atoms with Crippen LogP contribution < -0.4 is 5.32 Å². The van der Waals surface area contributed by atoms with Gasteiger partial charge in [-0.1, -0.05) is 24.8 Å². The van der Waals surface area contributed by atoms with Gasteiger partial charge in [0.1, 0.15) is 0 Å². The highest BCUT2D eigenvalue weighted by Gasteiger charge is 2.34. The molecule has 3 aliphatic heterocycles. The van der Waals surface area contributed by atoms with Crippen LogP contribution in [0.25, 0.3) is 0 Å². The van der Waals surface area contributed by atoms with Gasteiger partial charge >= 0.3 is 6.18 Å². The van der Waals surface area contributed by atoms with Crippen molar-refractivity contribution in [2.24, 2.45) is 0 Å².